The third-order valence-corrected chi connectivity index (χ3v) is 3.21. The highest BCUT2D eigenvalue weighted by Crippen LogP contribution is 2.35. The number of nitrogens with zero attached hydrogens (tertiary/aromatic N) is 1. The molecule has 1 rings (SSSR count). The predicted octanol–water partition coefficient (Wildman–Crippen LogP) is 2.23. The lowest BCUT2D eigenvalue weighted by Crippen LogP contribution is -2.49. The van der Waals surface area contributed by atoms with Crippen LogP contribution in [-0.4, -0.2) is 31.1 Å². The molecule has 1 unspecified atom stereocenters. The van der Waals surface area contributed by atoms with Gasteiger partial charge in [0, 0.05) is 20.1 Å². The summed E-state index contributed by atoms with van der Waals surface area (Å²) in [5.41, 5.74) is 0.254. The van der Waals surface area contributed by atoms with Gasteiger partial charge in [-0.3, -0.25) is 0 Å². The van der Waals surface area contributed by atoms with E-state index in [1.165, 1.54) is 19.3 Å². The van der Waals surface area contributed by atoms with Gasteiger partial charge in [-0.25, -0.2) is 4.79 Å². The molecular formula is C11H22N2O. The van der Waals surface area contributed by atoms with Crippen molar-refractivity contribution in [1.82, 2.24) is 10.2 Å². The molecule has 0 aromatic rings. The van der Waals surface area contributed by atoms with Crippen LogP contribution in [0.4, 0.5) is 4.79 Å². The lowest BCUT2D eigenvalue weighted by molar-refractivity contribution is 0.156. The van der Waals surface area contributed by atoms with E-state index in [-0.39, 0.29) is 11.4 Å². The third-order valence-electron chi connectivity index (χ3n) is 3.21. The second-order valence-electron chi connectivity index (χ2n) is 5.13. The van der Waals surface area contributed by atoms with Crippen molar-refractivity contribution in [2.24, 2.45) is 5.41 Å². The minimum Gasteiger partial charge on any atom is -0.335 e. The summed E-state index contributed by atoms with van der Waals surface area (Å²) in [5.74, 6) is 0. The number of rotatable bonds is 1. The van der Waals surface area contributed by atoms with Crippen LogP contribution in [-0.2, 0) is 0 Å². The van der Waals surface area contributed by atoms with E-state index in [4.69, 9.17) is 0 Å². The van der Waals surface area contributed by atoms with Crippen molar-refractivity contribution in [1.29, 1.82) is 0 Å². The van der Waals surface area contributed by atoms with Crippen molar-refractivity contribution in [2.45, 2.75) is 45.6 Å². The van der Waals surface area contributed by atoms with Crippen molar-refractivity contribution in [3.63, 3.8) is 0 Å². The monoisotopic (exact) mass is 198 g/mol. The number of urea groups is 1. The van der Waals surface area contributed by atoms with Gasteiger partial charge in [0.2, 0.25) is 0 Å². The summed E-state index contributed by atoms with van der Waals surface area (Å²) in [6, 6.07) is 0.371. The summed E-state index contributed by atoms with van der Waals surface area (Å²) in [6.45, 7) is 4.49. The van der Waals surface area contributed by atoms with Crippen molar-refractivity contribution in [3.05, 3.63) is 0 Å². The van der Waals surface area contributed by atoms with Crippen LogP contribution < -0.4 is 5.32 Å². The van der Waals surface area contributed by atoms with E-state index in [0.717, 1.165) is 6.42 Å². The Bertz CT molecular complexity index is 211. The van der Waals surface area contributed by atoms with Crippen molar-refractivity contribution in [3.8, 4) is 0 Å². The highest BCUT2D eigenvalue weighted by Gasteiger charge is 2.33. The molecule has 3 heteroatoms. The molecule has 0 heterocycles. The van der Waals surface area contributed by atoms with Crippen LogP contribution in [0.2, 0.25) is 0 Å². The van der Waals surface area contributed by atoms with Crippen molar-refractivity contribution < 1.29 is 4.79 Å². The molecule has 0 aromatic heterocycles. The Morgan fingerprint density at radius 2 is 2.00 bits per heavy atom. The van der Waals surface area contributed by atoms with Gasteiger partial charge in [-0.05, 0) is 18.3 Å². The van der Waals surface area contributed by atoms with Gasteiger partial charge in [0.05, 0.1) is 0 Å². The zero-order chi connectivity index (χ0) is 10.8. The SMILES string of the molecule is CN(C)C(=O)NC1CCCCC1(C)C. The van der Waals surface area contributed by atoms with Gasteiger partial charge in [-0.2, -0.15) is 0 Å². The fraction of sp³-hybridized carbons (Fsp3) is 0.909. The maximum atomic E-state index is 11.5. The fourth-order valence-electron chi connectivity index (χ4n) is 2.04. The largest absolute Gasteiger partial charge is 0.335 e. The zero-order valence-corrected chi connectivity index (χ0v) is 9.76. The fourth-order valence-corrected chi connectivity index (χ4v) is 2.04. The molecule has 1 atom stereocenters. The van der Waals surface area contributed by atoms with Crippen LogP contribution in [0.1, 0.15) is 39.5 Å². The molecule has 1 fully saturated rings. The molecule has 1 saturated carbocycles. The number of amides is 2. The van der Waals surface area contributed by atoms with Crippen LogP contribution >= 0.6 is 0 Å². The van der Waals surface area contributed by atoms with Crippen molar-refractivity contribution >= 4 is 6.03 Å². The van der Waals surface area contributed by atoms with Gasteiger partial charge < -0.3 is 10.2 Å². The molecule has 3 nitrogen and oxygen atoms in total. The Morgan fingerprint density at radius 3 is 2.50 bits per heavy atom. The van der Waals surface area contributed by atoms with E-state index < -0.39 is 0 Å². The van der Waals surface area contributed by atoms with Gasteiger partial charge in [-0.15, -0.1) is 0 Å². The number of carbonyl (C=O) groups is 1. The summed E-state index contributed by atoms with van der Waals surface area (Å²) in [5, 5.41) is 3.10. The first-order chi connectivity index (χ1) is 6.43. The molecule has 0 radical (unpaired) electrons. The van der Waals surface area contributed by atoms with Crippen molar-refractivity contribution in [2.75, 3.05) is 14.1 Å². The molecule has 2 amide bonds. The first kappa shape index (κ1) is 11.3. The molecular weight excluding hydrogens is 176 g/mol. The normalized spacial score (nSPS) is 25.6. The molecule has 0 spiro atoms. The van der Waals surface area contributed by atoms with Gasteiger partial charge in [0.25, 0.3) is 0 Å². The average molecular weight is 198 g/mol. The maximum absolute atomic E-state index is 11.5. The smallest absolute Gasteiger partial charge is 0.317 e. The lowest BCUT2D eigenvalue weighted by Gasteiger charge is -2.39. The van der Waals surface area contributed by atoms with E-state index >= 15 is 0 Å². The molecule has 0 bridgehead atoms. The van der Waals surface area contributed by atoms with E-state index in [0.29, 0.717) is 6.04 Å². The molecule has 0 aliphatic heterocycles. The Morgan fingerprint density at radius 1 is 1.36 bits per heavy atom. The van der Waals surface area contributed by atoms with E-state index in [1.807, 2.05) is 0 Å². The minimum absolute atomic E-state index is 0.0324. The summed E-state index contributed by atoms with van der Waals surface area (Å²) >= 11 is 0. The number of hydrogen-bond acceptors (Lipinski definition) is 1. The van der Waals surface area contributed by atoms with E-state index in [2.05, 4.69) is 19.2 Å². The Balaban J connectivity index is 2.54. The summed E-state index contributed by atoms with van der Waals surface area (Å²) in [6.07, 6.45) is 4.86. The maximum Gasteiger partial charge on any atom is 0.317 e. The number of hydrogen-bond donors (Lipinski definition) is 1. The molecule has 82 valence electrons. The average Bonchev–Trinajstić information content (AvgIpc) is 2.08. The predicted molar refractivity (Wildman–Crippen MR) is 58.3 cm³/mol. The first-order valence-corrected chi connectivity index (χ1v) is 5.41. The second kappa shape index (κ2) is 4.20. The quantitative estimate of drug-likeness (QED) is 0.688. The highest BCUT2D eigenvalue weighted by molar-refractivity contribution is 5.73. The van der Waals surface area contributed by atoms with Crippen LogP contribution in [0.15, 0.2) is 0 Å². The summed E-state index contributed by atoms with van der Waals surface area (Å²) in [4.78, 5) is 13.1. The number of carbonyl (C=O) groups excluding carboxylic acids is 1. The topological polar surface area (TPSA) is 32.3 Å². The lowest BCUT2D eigenvalue weighted by atomic mass is 9.73. The Hall–Kier alpha value is -0.730. The first-order valence-electron chi connectivity index (χ1n) is 5.41. The third kappa shape index (κ3) is 2.63. The second-order valence-corrected chi connectivity index (χ2v) is 5.13. The standard InChI is InChI=1S/C11H22N2O/c1-11(2)8-6-5-7-9(11)12-10(14)13(3)4/h9H,5-8H2,1-4H3,(H,12,14). The number of nitrogens with one attached hydrogen (secondary N) is 1. The van der Waals surface area contributed by atoms with Gasteiger partial charge in [-0.1, -0.05) is 26.7 Å². The van der Waals surface area contributed by atoms with Gasteiger partial charge >= 0.3 is 6.03 Å². The van der Waals surface area contributed by atoms with Crippen LogP contribution in [0.3, 0.4) is 0 Å². The molecule has 1 aliphatic carbocycles. The molecule has 0 aromatic carbocycles. The van der Waals surface area contributed by atoms with Crippen LogP contribution in [0.25, 0.3) is 0 Å². The zero-order valence-electron chi connectivity index (χ0n) is 9.76. The van der Waals surface area contributed by atoms with E-state index in [9.17, 15) is 4.79 Å². The highest BCUT2D eigenvalue weighted by atomic mass is 16.2. The Kier molecular flexibility index (Phi) is 3.40. The molecule has 14 heavy (non-hydrogen) atoms. The van der Waals surface area contributed by atoms with E-state index in [1.54, 1.807) is 19.0 Å². The van der Waals surface area contributed by atoms with Gasteiger partial charge in [0.1, 0.15) is 0 Å². The minimum atomic E-state index is 0.0324. The summed E-state index contributed by atoms with van der Waals surface area (Å²) in [7, 11) is 3.57. The molecule has 1 aliphatic rings. The van der Waals surface area contributed by atoms with Crippen LogP contribution in [0, 0.1) is 5.41 Å². The Labute approximate surface area is 86.9 Å². The molecule has 0 saturated heterocycles. The summed E-state index contributed by atoms with van der Waals surface area (Å²) < 4.78 is 0. The van der Waals surface area contributed by atoms with Crippen LogP contribution in [0.5, 0.6) is 0 Å². The molecule has 1 N–H and O–H groups in total. The van der Waals surface area contributed by atoms with Gasteiger partial charge in [0.15, 0.2) is 0 Å².